The molecular weight excluding hydrogens is 360 g/mol. The van der Waals surface area contributed by atoms with Gasteiger partial charge in [0.2, 0.25) is 0 Å². The summed E-state index contributed by atoms with van der Waals surface area (Å²) in [7, 11) is 1.64. The molecule has 144 valence electrons. The summed E-state index contributed by atoms with van der Waals surface area (Å²) < 4.78 is 10.8. The summed E-state index contributed by atoms with van der Waals surface area (Å²) in [5, 5.41) is 3.12. The minimum atomic E-state index is -0.504. The van der Waals surface area contributed by atoms with Crippen molar-refractivity contribution in [3.05, 3.63) is 76.1 Å². The number of carbonyl (C=O) groups excluding carboxylic acids is 2. The molecule has 0 aliphatic carbocycles. The summed E-state index contributed by atoms with van der Waals surface area (Å²) in [6, 6.07) is 14.8. The summed E-state index contributed by atoms with van der Waals surface area (Å²) in [4.78, 5) is 37.8. The summed E-state index contributed by atoms with van der Waals surface area (Å²) in [5.41, 5.74) is 0.816. The maximum Gasteiger partial charge on any atom is 0.414 e. The van der Waals surface area contributed by atoms with E-state index in [0.29, 0.717) is 23.3 Å². The van der Waals surface area contributed by atoms with Crippen LogP contribution in [0.15, 0.2) is 63.8 Å². The van der Waals surface area contributed by atoms with Gasteiger partial charge in [-0.2, -0.15) is 0 Å². The molecule has 3 aromatic rings. The van der Waals surface area contributed by atoms with Gasteiger partial charge in [0.15, 0.2) is 11.2 Å². The fraction of sp³-hybridized carbons (Fsp3) is 0.190. The van der Waals surface area contributed by atoms with E-state index in [1.807, 2.05) is 6.92 Å². The van der Waals surface area contributed by atoms with Crippen LogP contribution >= 0.6 is 0 Å². The Morgan fingerprint density at radius 2 is 1.89 bits per heavy atom. The number of nitrogens with one attached hydrogen (secondary N) is 1. The molecule has 0 spiro atoms. The van der Waals surface area contributed by atoms with Gasteiger partial charge in [-0.15, -0.1) is 0 Å². The molecule has 2 aromatic carbocycles. The first-order chi connectivity index (χ1) is 13.5. The SMILES string of the molecule is CCN(C)C(=O)Oc1cccc(CNC(=O)c2cc(=O)c3ccccc3o2)c1. The van der Waals surface area contributed by atoms with Crippen LogP contribution in [0.2, 0.25) is 0 Å². The molecular formula is C21H20N2O5. The van der Waals surface area contributed by atoms with E-state index in [-0.39, 0.29) is 17.7 Å². The molecule has 1 aromatic heterocycles. The van der Waals surface area contributed by atoms with Crippen LogP contribution in [0.25, 0.3) is 11.0 Å². The van der Waals surface area contributed by atoms with Crippen molar-refractivity contribution in [2.45, 2.75) is 13.5 Å². The zero-order chi connectivity index (χ0) is 20.1. The van der Waals surface area contributed by atoms with Crippen LogP contribution in [-0.4, -0.2) is 30.5 Å². The third-order valence-corrected chi connectivity index (χ3v) is 4.20. The van der Waals surface area contributed by atoms with Crippen LogP contribution in [0, 0.1) is 0 Å². The van der Waals surface area contributed by atoms with Gasteiger partial charge in [-0.1, -0.05) is 24.3 Å². The standard InChI is InChI=1S/C21H20N2O5/c1-3-23(2)21(26)27-15-8-6-7-14(11-15)13-22-20(25)19-12-17(24)16-9-4-5-10-18(16)28-19/h4-12H,3,13H2,1-2H3,(H,22,25). The third kappa shape index (κ3) is 4.37. The molecule has 0 fully saturated rings. The van der Waals surface area contributed by atoms with E-state index in [9.17, 15) is 14.4 Å². The Kier molecular flexibility index (Phi) is 5.74. The second kappa shape index (κ2) is 8.39. The Morgan fingerprint density at radius 1 is 1.11 bits per heavy atom. The number of carbonyl (C=O) groups is 2. The predicted octanol–water partition coefficient (Wildman–Crippen LogP) is 3.17. The minimum Gasteiger partial charge on any atom is -0.451 e. The molecule has 0 saturated heterocycles. The Labute approximate surface area is 161 Å². The zero-order valence-corrected chi connectivity index (χ0v) is 15.6. The maximum absolute atomic E-state index is 12.4. The Morgan fingerprint density at radius 3 is 2.68 bits per heavy atom. The van der Waals surface area contributed by atoms with Crippen molar-refractivity contribution in [2.24, 2.45) is 0 Å². The van der Waals surface area contributed by atoms with Crippen LogP contribution in [0.5, 0.6) is 5.75 Å². The van der Waals surface area contributed by atoms with E-state index in [4.69, 9.17) is 9.15 Å². The first-order valence-corrected chi connectivity index (χ1v) is 8.81. The summed E-state index contributed by atoms with van der Waals surface area (Å²) in [5.74, 6) is -0.180. The predicted molar refractivity (Wildman–Crippen MR) is 104 cm³/mol. The smallest absolute Gasteiger partial charge is 0.414 e. The molecule has 7 nitrogen and oxygen atoms in total. The molecule has 0 saturated carbocycles. The Hall–Kier alpha value is -3.61. The lowest BCUT2D eigenvalue weighted by Gasteiger charge is -2.14. The van der Waals surface area contributed by atoms with Crippen LogP contribution in [0.4, 0.5) is 4.79 Å². The van der Waals surface area contributed by atoms with E-state index >= 15 is 0 Å². The fourth-order valence-electron chi connectivity index (χ4n) is 2.51. The van der Waals surface area contributed by atoms with Gasteiger partial charge in [-0.3, -0.25) is 9.59 Å². The van der Waals surface area contributed by atoms with Gasteiger partial charge < -0.3 is 19.4 Å². The average molecular weight is 380 g/mol. The van der Waals surface area contributed by atoms with Gasteiger partial charge in [-0.05, 0) is 36.8 Å². The van der Waals surface area contributed by atoms with E-state index in [1.54, 1.807) is 55.6 Å². The molecule has 7 heteroatoms. The van der Waals surface area contributed by atoms with Crippen molar-refractivity contribution in [1.29, 1.82) is 0 Å². The highest BCUT2D eigenvalue weighted by atomic mass is 16.6. The highest BCUT2D eigenvalue weighted by Crippen LogP contribution is 2.15. The monoisotopic (exact) mass is 380 g/mol. The molecule has 0 aliphatic heterocycles. The van der Waals surface area contributed by atoms with Crippen molar-refractivity contribution < 1.29 is 18.7 Å². The first kappa shape index (κ1) is 19.2. The molecule has 2 amide bonds. The van der Waals surface area contributed by atoms with Crippen molar-refractivity contribution in [3.63, 3.8) is 0 Å². The van der Waals surface area contributed by atoms with Crippen LogP contribution in [0.3, 0.4) is 0 Å². The largest absolute Gasteiger partial charge is 0.451 e. The molecule has 28 heavy (non-hydrogen) atoms. The number of amides is 2. The topological polar surface area (TPSA) is 88.9 Å². The second-order valence-corrected chi connectivity index (χ2v) is 6.18. The molecule has 0 radical (unpaired) electrons. The van der Waals surface area contributed by atoms with Gasteiger partial charge in [0, 0.05) is 26.2 Å². The molecule has 3 rings (SSSR count). The molecule has 0 bridgehead atoms. The van der Waals surface area contributed by atoms with Crippen LogP contribution in [0.1, 0.15) is 23.0 Å². The molecule has 1 N–H and O–H groups in total. The quantitative estimate of drug-likeness (QED) is 0.734. The van der Waals surface area contributed by atoms with Gasteiger partial charge in [0.05, 0.1) is 5.39 Å². The highest BCUT2D eigenvalue weighted by Gasteiger charge is 2.13. The van der Waals surface area contributed by atoms with Crippen molar-refractivity contribution in [3.8, 4) is 5.75 Å². The average Bonchev–Trinajstić information content (AvgIpc) is 2.71. The Balaban J connectivity index is 1.69. The number of ether oxygens (including phenoxy) is 1. The third-order valence-electron chi connectivity index (χ3n) is 4.20. The first-order valence-electron chi connectivity index (χ1n) is 8.81. The lowest BCUT2D eigenvalue weighted by Crippen LogP contribution is -2.29. The molecule has 0 unspecified atom stereocenters. The second-order valence-electron chi connectivity index (χ2n) is 6.18. The number of hydrogen-bond donors (Lipinski definition) is 1. The van der Waals surface area contributed by atoms with E-state index in [1.165, 1.54) is 11.0 Å². The van der Waals surface area contributed by atoms with Gasteiger partial charge in [-0.25, -0.2) is 4.79 Å². The summed E-state index contributed by atoms with van der Waals surface area (Å²) in [6.07, 6.45) is -0.457. The van der Waals surface area contributed by atoms with E-state index in [2.05, 4.69) is 5.32 Å². The number of para-hydroxylation sites is 1. The lowest BCUT2D eigenvalue weighted by molar-refractivity contribution is 0.0923. The van der Waals surface area contributed by atoms with Crippen LogP contribution < -0.4 is 15.5 Å². The van der Waals surface area contributed by atoms with Crippen molar-refractivity contribution in [1.82, 2.24) is 10.2 Å². The Bertz CT molecular complexity index is 1070. The normalized spacial score (nSPS) is 10.5. The van der Waals surface area contributed by atoms with Crippen LogP contribution in [-0.2, 0) is 6.54 Å². The lowest BCUT2D eigenvalue weighted by atomic mass is 10.2. The maximum atomic E-state index is 12.4. The highest BCUT2D eigenvalue weighted by molar-refractivity contribution is 5.93. The number of benzene rings is 2. The van der Waals surface area contributed by atoms with E-state index < -0.39 is 12.0 Å². The fourth-order valence-corrected chi connectivity index (χ4v) is 2.51. The molecule has 1 heterocycles. The molecule has 0 atom stereocenters. The number of hydrogen-bond acceptors (Lipinski definition) is 5. The van der Waals surface area contributed by atoms with Crippen molar-refractivity contribution >= 4 is 23.0 Å². The number of nitrogens with zero attached hydrogens (tertiary/aromatic N) is 1. The summed E-state index contributed by atoms with van der Waals surface area (Å²) >= 11 is 0. The molecule has 0 aliphatic rings. The zero-order valence-electron chi connectivity index (χ0n) is 15.6. The number of fused-ring (bicyclic) bond motifs is 1. The summed E-state index contributed by atoms with van der Waals surface area (Å²) in [6.45, 7) is 2.56. The number of rotatable bonds is 5. The van der Waals surface area contributed by atoms with Gasteiger partial charge in [0.25, 0.3) is 5.91 Å². The van der Waals surface area contributed by atoms with Gasteiger partial charge in [0.1, 0.15) is 11.3 Å². The van der Waals surface area contributed by atoms with Crippen molar-refractivity contribution in [2.75, 3.05) is 13.6 Å². The minimum absolute atomic E-state index is 0.0594. The van der Waals surface area contributed by atoms with Gasteiger partial charge >= 0.3 is 6.09 Å². The van der Waals surface area contributed by atoms with E-state index in [0.717, 1.165) is 5.56 Å².